The highest BCUT2D eigenvalue weighted by Crippen LogP contribution is 2.27. The van der Waals surface area contributed by atoms with Gasteiger partial charge in [-0.3, -0.25) is 9.13 Å². The van der Waals surface area contributed by atoms with Crippen LogP contribution in [0.15, 0.2) is 47.4 Å². The first-order valence-electron chi connectivity index (χ1n) is 9.77. The molecule has 152 valence electrons. The van der Waals surface area contributed by atoms with Crippen LogP contribution in [0.2, 0.25) is 0 Å². The molecule has 0 radical (unpaired) electrons. The number of rotatable bonds is 5. The third-order valence-electron chi connectivity index (χ3n) is 5.64. The maximum Gasteiger partial charge on any atom is 0.404 e. The summed E-state index contributed by atoms with van der Waals surface area (Å²) < 4.78 is 8.62. The van der Waals surface area contributed by atoms with Gasteiger partial charge in [-0.15, -0.1) is 0 Å². The van der Waals surface area contributed by atoms with Crippen LogP contribution in [-0.2, 0) is 6.54 Å². The second kappa shape index (κ2) is 7.98. The summed E-state index contributed by atoms with van der Waals surface area (Å²) in [7, 11) is 1.56. The van der Waals surface area contributed by atoms with Crippen LogP contribution in [0.25, 0.3) is 16.7 Å². The number of para-hydroxylation sites is 2. The molecule has 1 saturated carbocycles. The zero-order valence-electron chi connectivity index (χ0n) is 16.2. The van der Waals surface area contributed by atoms with Gasteiger partial charge in [0.2, 0.25) is 5.88 Å². The summed E-state index contributed by atoms with van der Waals surface area (Å²) in [6.45, 7) is 0.621. The number of ether oxygens (including phenoxy) is 1. The van der Waals surface area contributed by atoms with Crippen molar-refractivity contribution in [2.45, 2.75) is 38.3 Å². The number of methoxy groups -OCH3 is 1. The molecule has 0 saturated heterocycles. The number of pyridine rings is 1. The highest BCUT2D eigenvalue weighted by Gasteiger charge is 2.24. The quantitative estimate of drug-likeness (QED) is 0.691. The second-order valence-electron chi connectivity index (χ2n) is 7.44. The van der Waals surface area contributed by atoms with Crippen molar-refractivity contribution in [2.75, 3.05) is 7.11 Å². The molecule has 1 amide bonds. The van der Waals surface area contributed by atoms with Crippen molar-refractivity contribution >= 4 is 17.1 Å². The van der Waals surface area contributed by atoms with Gasteiger partial charge >= 0.3 is 11.8 Å². The van der Waals surface area contributed by atoms with Gasteiger partial charge in [0.25, 0.3) is 0 Å². The first-order valence-corrected chi connectivity index (χ1v) is 9.77. The zero-order chi connectivity index (χ0) is 20.4. The maximum absolute atomic E-state index is 13.3. The molecule has 4 rings (SSSR count). The molecular formula is C21H24N4O4. The van der Waals surface area contributed by atoms with E-state index in [9.17, 15) is 9.59 Å². The van der Waals surface area contributed by atoms with Crippen LogP contribution >= 0.6 is 0 Å². The Morgan fingerprint density at radius 2 is 1.90 bits per heavy atom. The smallest absolute Gasteiger partial charge is 0.404 e. The second-order valence-corrected chi connectivity index (χ2v) is 7.44. The predicted molar refractivity (Wildman–Crippen MR) is 109 cm³/mol. The largest absolute Gasteiger partial charge is 0.481 e. The van der Waals surface area contributed by atoms with Crippen molar-refractivity contribution in [1.82, 2.24) is 19.4 Å². The van der Waals surface area contributed by atoms with Gasteiger partial charge in [0.1, 0.15) is 0 Å². The molecule has 0 spiro atoms. The third kappa shape index (κ3) is 3.83. The Morgan fingerprint density at radius 3 is 2.52 bits per heavy atom. The van der Waals surface area contributed by atoms with E-state index in [0.717, 1.165) is 36.7 Å². The number of nitrogens with zero attached hydrogens (tertiary/aromatic N) is 3. The summed E-state index contributed by atoms with van der Waals surface area (Å²) in [5, 5.41) is 11.5. The van der Waals surface area contributed by atoms with E-state index in [0.29, 0.717) is 24.0 Å². The molecule has 0 unspecified atom stereocenters. The molecule has 1 fully saturated rings. The Labute approximate surface area is 167 Å². The van der Waals surface area contributed by atoms with Crippen molar-refractivity contribution in [2.24, 2.45) is 5.92 Å². The molecule has 1 aliphatic carbocycles. The lowest BCUT2D eigenvalue weighted by molar-refractivity contribution is 0.181. The minimum absolute atomic E-state index is 0.00666. The summed E-state index contributed by atoms with van der Waals surface area (Å²) >= 11 is 0. The first-order chi connectivity index (χ1) is 14.1. The molecule has 2 heterocycles. The number of nitrogens with one attached hydrogen (secondary N) is 1. The van der Waals surface area contributed by atoms with Gasteiger partial charge in [0, 0.05) is 18.7 Å². The molecule has 0 aliphatic heterocycles. The molecule has 29 heavy (non-hydrogen) atoms. The van der Waals surface area contributed by atoms with E-state index in [4.69, 9.17) is 9.84 Å². The van der Waals surface area contributed by atoms with Gasteiger partial charge in [0.15, 0.2) is 0 Å². The molecule has 2 N–H and O–H groups in total. The van der Waals surface area contributed by atoms with Gasteiger partial charge in [-0.2, -0.15) is 0 Å². The topological polar surface area (TPSA) is 98.4 Å². The standard InChI is InChI=1S/C21H24N4O4/c1-29-19-11-10-16(12-22-19)25-18-5-3-2-4-17(18)24(21(25)28)13-14-6-8-15(9-7-14)23-20(26)27/h2-5,10-12,14-15,23H,6-9,13H2,1H3,(H,26,27). The lowest BCUT2D eigenvalue weighted by Gasteiger charge is -2.28. The normalized spacial score (nSPS) is 19.2. The number of hydrogen-bond donors (Lipinski definition) is 2. The van der Waals surface area contributed by atoms with Gasteiger partial charge in [-0.05, 0) is 49.8 Å². The van der Waals surface area contributed by atoms with Crippen LogP contribution in [0.4, 0.5) is 4.79 Å². The minimum atomic E-state index is -0.971. The fourth-order valence-electron chi connectivity index (χ4n) is 4.18. The lowest BCUT2D eigenvalue weighted by Crippen LogP contribution is -2.37. The average Bonchev–Trinajstić information content (AvgIpc) is 3.01. The van der Waals surface area contributed by atoms with Gasteiger partial charge in [-0.25, -0.2) is 14.6 Å². The summed E-state index contributed by atoms with van der Waals surface area (Å²) in [4.78, 5) is 28.4. The summed E-state index contributed by atoms with van der Waals surface area (Å²) in [5.74, 6) is 0.838. The number of benzene rings is 1. The average molecular weight is 396 g/mol. The van der Waals surface area contributed by atoms with E-state index < -0.39 is 6.09 Å². The number of fused-ring (bicyclic) bond motifs is 1. The Kier molecular flexibility index (Phi) is 5.24. The first kappa shape index (κ1) is 19.0. The molecule has 0 bridgehead atoms. The molecule has 8 heteroatoms. The highest BCUT2D eigenvalue weighted by atomic mass is 16.5. The highest BCUT2D eigenvalue weighted by molar-refractivity contribution is 5.78. The van der Waals surface area contributed by atoms with Crippen LogP contribution in [0, 0.1) is 5.92 Å². The maximum atomic E-state index is 13.3. The minimum Gasteiger partial charge on any atom is -0.481 e. The summed E-state index contributed by atoms with van der Waals surface area (Å²) in [6.07, 6.45) is 4.04. The molecule has 2 aromatic heterocycles. The Morgan fingerprint density at radius 1 is 1.17 bits per heavy atom. The Bertz CT molecular complexity index is 1060. The number of carboxylic acid groups (broad SMARTS) is 1. The number of carbonyl (C=O) groups is 1. The van der Waals surface area contributed by atoms with Crippen molar-refractivity contribution in [3.8, 4) is 11.6 Å². The van der Waals surface area contributed by atoms with Crippen LogP contribution in [0.3, 0.4) is 0 Å². The molecule has 0 atom stereocenters. The van der Waals surface area contributed by atoms with Crippen LogP contribution in [0.1, 0.15) is 25.7 Å². The lowest BCUT2D eigenvalue weighted by atomic mass is 9.86. The number of imidazole rings is 1. The van der Waals surface area contributed by atoms with Gasteiger partial charge in [-0.1, -0.05) is 12.1 Å². The third-order valence-corrected chi connectivity index (χ3v) is 5.64. The van der Waals surface area contributed by atoms with Crippen LogP contribution < -0.4 is 15.7 Å². The van der Waals surface area contributed by atoms with E-state index >= 15 is 0 Å². The van der Waals surface area contributed by atoms with Gasteiger partial charge in [0.05, 0.1) is 30.0 Å². The fourth-order valence-corrected chi connectivity index (χ4v) is 4.18. The van der Waals surface area contributed by atoms with E-state index in [1.807, 2.05) is 34.9 Å². The molecule has 8 nitrogen and oxygen atoms in total. The monoisotopic (exact) mass is 396 g/mol. The Hall–Kier alpha value is -3.29. The Balaban J connectivity index is 1.63. The summed E-state index contributed by atoms with van der Waals surface area (Å²) in [5.41, 5.74) is 2.33. The van der Waals surface area contributed by atoms with Crippen LogP contribution in [0.5, 0.6) is 5.88 Å². The molecule has 3 aromatic rings. The molecule has 1 aliphatic rings. The number of aromatic nitrogens is 3. The van der Waals surface area contributed by atoms with Gasteiger partial charge < -0.3 is 15.2 Å². The van der Waals surface area contributed by atoms with Crippen molar-refractivity contribution in [1.29, 1.82) is 0 Å². The van der Waals surface area contributed by atoms with E-state index in [1.165, 1.54) is 0 Å². The fraction of sp³-hybridized carbons (Fsp3) is 0.381. The molecular weight excluding hydrogens is 372 g/mol. The summed E-state index contributed by atoms with van der Waals surface area (Å²) in [6, 6.07) is 11.3. The number of hydrogen-bond acceptors (Lipinski definition) is 4. The van der Waals surface area contributed by atoms with Crippen molar-refractivity contribution in [3.63, 3.8) is 0 Å². The van der Waals surface area contributed by atoms with E-state index in [2.05, 4.69) is 10.3 Å². The van der Waals surface area contributed by atoms with E-state index in [-0.39, 0.29) is 11.7 Å². The predicted octanol–water partition coefficient (Wildman–Crippen LogP) is 3.02. The van der Waals surface area contributed by atoms with Crippen LogP contribution in [-0.4, -0.2) is 38.5 Å². The SMILES string of the molecule is COc1ccc(-n2c(=O)n(CC3CCC(NC(=O)O)CC3)c3ccccc32)cn1. The zero-order valence-corrected chi connectivity index (χ0v) is 16.2. The van der Waals surface area contributed by atoms with Crippen molar-refractivity contribution < 1.29 is 14.6 Å². The van der Waals surface area contributed by atoms with Crippen molar-refractivity contribution in [3.05, 3.63) is 53.1 Å². The number of amides is 1. The van der Waals surface area contributed by atoms with E-state index in [1.54, 1.807) is 23.9 Å². The molecule has 1 aromatic carbocycles.